The van der Waals surface area contributed by atoms with E-state index in [1.165, 1.54) is 30.5 Å². The van der Waals surface area contributed by atoms with Crippen LogP contribution in [0.25, 0.3) is 0 Å². The first-order valence-electron chi connectivity index (χ1n) is 10.3. The number of ether oxygens (including phenoxy) is 1. The number of rotatable bonds is 8. The molecule has 2 heterocycles. The summed E-state index contributed by atoms with van der Waals surface area (Å²) in [5, 5.41) is 2.87. The number of benzene rings is 2. The first-order chi connectivity index (χ1) is 15.5. The quantitative estimate of drug-likeness (QED) is 0.541. The van der Waals surface area contributed by atoms with Gasteiger partial charge in [0.15, 0.2) is 0 Å². The van der Waals surface area contributed by atoms with Gasteiger partial charge in [-0.05, 0) is 54.1 Å². The van der Waals surface area contributed by atoms with Gasteiger partial charge in [0, 0.05) is 30.9 Å². The summed E-state index contributed by atoms with van der Waals surface area (Å²) >= 11 is 0. The van der Waals surface area contributed by atoms with Gasteiger partial charge < -0.3 is 19.4 Å². The third-order valence-corrected chi connectivity index (χ3v) is 6.63. The fraction of sp³-hybridized carbons (Fsp3) is 0.261. The molecule has 32 heavy (non-hydrogen) atoms. The molecule has 8 nitrogen and oxygen atoms in total. The second-order valence-electron chi connectivity index (χ2n) is 7.38. The number of morpholine rings is 1. The molecule has 2 N–H and O–H groups in total. The molecule has 1 aromatic heterocycles. The summed E-state index contributed by atoms with van der Waals surface area (Å²) in [6.45, 7) is 3.66. The lowest BCUT2D eigenvalue weighted by Crippen LogP contribution is -2.36. The Morgan fingerprint density at radius 3 is 2.31 bits per heavy atom. The van der Waals surface area contributed by atoms with Crippen LogP contribution in [0.4, 0.5) is 5.69 Å². The molecule has 0 aliphatic carbocycles. The molecule has 1 fully saturated rings. The average Bonchev–Trinajstić information content (AvgIpc) is 3.36. The topological polar surface area (TPSA) is 101 Å². The van der Waals surface area contributed by atoms with Crippen molar-refractivity contribution in [2.24, 2.45) is 0 Å². The summed E-state index contributed by atoms with van der Waals surface area (Å²) < 4.78 is 37.8. The number of carbonyl (C=O) groups excluding carboxylic acids is 1. The number of anilines is 1. The van der Waals surface area contributed by atoms with Crippen molar-refractivity contribution in [3.05, 3.63) is 83.8 Å². The smallest absolute Gasteiger partial charge is 0.251 e. The first kappa shape index (κ1) is 22.1. The van der Waals surface area contributed by atoms with Crippen LogP contribution in [0, 0.1) is 0 Å². The monoisotopic (exact) mass is 455 g/mol. The van der Waals surface area contributed by atoms with E-state index in [1.807, 2.05) is 24.3 Å². The van der Waals surface area contributed by atoms with Crippen LogP contribution in [0.5, 0.6) is 0 Å². The van der Waals surface area contributed by atoms with Crippen molar-refractivity contribution in [3.8, 4) is 0 Å². The molecule has 1 amide bonds. The Morgan fingerprint density at radius 1 is 0.938 bits per heavy atom. The number of amides is 1. The van der Waals surface area contributed by atoms with Gasteiger partial charge in [-0.15, -0.1) is 0 Å². The van der Waals surface area contributed by atoms with Gasteiger partial charge in [-0.2, -0.15) is 0 Å². The fourth-order valence-electron chi connectivity index (χ4n) is 3.38. The van der Waals surface area contributed by atoms with Crippen LogP contribution in [-0.2, 0) is 27.8 Å². The van der Waals surface area contributed by atoms with Crippen LogP contribution in [0.3, 0.4) is 0 Å². The highest BCUT2D eigenvalue weighted by atomic mass is 32.2. The number of carbonyl (C=O) groups is 1. The van der Waals surface area contributed by atoms with Crippen molar-refractivity contribution >= 4 is 21.6 Å². The first-order valence-corrected chi connectivity index (χ1v) is 11.8. The van der Waals surface area contributed by atoms with Crippen LogP contribution in [0.2, 0.25) is 0 Å². The van der Waals surface area contributed by atoms with Crippen molar-refractivity contribution in [3.63, 3.8) is 0 Å². The molecule has 4 rings (SSSR count). The summed E-state index contributed by atoms with van der Waals surface area (Å²) in [5.74, 6) is 0.247. The Labute approximate surface area is 187 Å². The minimum Gasteiger partial charge on any atom is -0.468 e. The largest absolute Gasteiger partial charge is 0.468 e. The van der Waals surface area contributed by atoms with E-state index in [0.717, 1.165) is 37.6 Å². The maximum Gasteiger partial charge on any atom is 0.251 e. The standard InChI is InChI=1S/C23H25N3O5S/c27-23(24-16-18-3-7-20(8-4-18)26-11-14-30-15-12-26)19-5-9-22(10-6-19)32(28,29)25-17-21-2-1-13-31-21/h1-10,13,25H,11-12,14-17H2,(H,24,27). The van der Waals surface area contributed by atoms with Gasteiger partial charge in [0.05, 0.1) is 30.9 Å². The molecule has 0 spiro atoms. The second-order valence-corrected chi connectivity index (χ2v) is 9.14. The summed E-state index contributed by atoms with van der Waals surface area (Å²) in [6.07, 6.45) is 1.48. The van der Waals surface area contributed by atoms with Crippen molar-refractivity contribution in [1.82, 2.24) is 10.0 Å². The van der Waals surface area contributed by atoms with Gasteiger partial charge in [0.1, 0.15) is 5.76 Å². The zero-order chi connectivity index (χ0) is 22.4. The molecule has 0 saturated carbocycles. The lowest BCUT2D eigenvalue weighted by atomic mass is 10.1. The predicted octanol–water partition coefficient (Wildman–Crippen LogP) is 2.52. The van der Waals surface area contributed by atoms with Gasteiger partial charge in [0.2, 0.25) is 10.0 Å². The van der Waals surface area contributed by atoms with Crippen LogP contribution < -0.4 is 14.9 Å². The zero-order valence-corrected chi connectivity index (χ0v) is 18.3. The second kappa shape index (κ2) is 9.99. The molecule has 2 aromatic carbocycles. The highest BCUT2D eigenvalue weighted by Gasteiger charge is 2.16. The van der Waals surface area contributed by atoms with E-state index in [1.54, 1.807) is 12.1 Å². The number of nitrogens with one attached hydrogen (secondary N) is 2. The highest BCUT2D eigenvalue weighted by molar-refractivity contribution is 7.89. The van der Waals surface area contributed by atoms with Gasteiger partial charge in [-0.1, -0.05) is 12.1 Å². The summed E-state index contributed by atoms with van der Waals surface area (Å²) in [5.41, 5.74) is 2.51. The van der Waals surface area contributed by atoms with Gasteiger partial charge in [0.25, 0.3) is 5.91 Å². The summed E-state index contributed by atoms with van der Waals surface area (Å²) in [7, 11) is -3.70. The predicted molar refractivity (Wildman–Crippen MR) is 120 cm³/mol. The fourth-order valence-corrected chi connectivity index (χ4v) is 4.37. The van der Waals surface area contributed by atoms with Crippen molar-refractivity contribution in [2.75, 3.05) is 31.2 Å². The molecule has 1 aliphatic rings. The Hall–Kier alpha value is -3.14. The molecular formula is C23H25N3O5S. The van der Waals surface area contributed by atoms with Crippen molar-refractivity contribution < 1.29 is 22.4 Å². The average molecular weight is 456 g/mol. The normalized spacial score (nSPS) is 14.3. The van der Waals surface area contributed by atoms with Crippen LogP contribution in [-0.4, -0.2) is 40.6 Å². The lowest BCUT2D eigenvalue weighted by Gasteiger charge is -2.28. The van der Waals surface area contributed by atoms with E-state index in [2.05, 4.69) is 14.9 Å². The minimum atomic E-state index is -3.70. The van der Waals surface area contributed by atoms with Crippen molar-refractivity contribution in [1.29, 1.82) is 0 Å². The van der Waals surface area contributed by atoms with E-state index < -0.39 is 10.0 Å². The van der Waals surface area contributed by atoms with E-state index >= 15 is 0 Å². The Morgan fingerprint density at radius 2 is 1.66 bits per heavy atom. The van der Waals surface area contributed by atoms with E-state index in [-0.39, 0.29) is 17.3 Å². The molecule has 0 atom stereocenters. The molecule has 0 radical (unpaired) electrons. The summed E-state index contributed by atoms with van der Waals surface area (Å²) in [4.78, 5) is 14.8. The third kappa shape index (κ3) is 5.56. The third-order valence-electron chi connectivity index (χ3n) is 5.21. The molecule has 0 bridgehead atoms. The summed E-state index contributed by atoms with van der Waals surface area (Å²) in [6, 6.07) is 17.3. The molecule has 9 heteroatoms. The number of hydrogen-bond acceptors (Lipinski definition) is 6. The van der Waals surface area contributed by atoms with Gasteiger partial charge in [-0.25, -0.2) is 13.1 Å². The zero-order valence-electron chi connectivity index (χ0n) is 17.5. The van der Waals surface area contributed by atoms with Crippen molar-refractivity contribution in [2.45, 2.75) is 18.0 Å². The molecular weight excluding hydrogens is 430 g/mol. The number of sulfonamides is 1. The van der Waals surface area contributed by atoms with Crippen LogP contribution >= 0.6 is 0 Å². The lowest BCUT2D eigenvalue weighted by molar-refractivity contribution is 0.0950. The SMILES string of the molecule is O=C(NCc1ccc(N2CCOCC2)cc1)c1ccc(S(=O)(=O)NCc2ccco2)cc1. The van der Waals surface area contributed by atoms with Crippen LogP contribution in [0.1, 0.15) is 21.7 Å². The number of nitrogens with zero attached hydrogens (tertiary/aromatic N) is 1. The Kier molecular flexibility index (Phi) is 6.89. The Balaban J connectivity index is 1.30. The molecule has 3 aromatic rings. The van der Waals surface area contributed by atoms with E-state index in [0.29, 0.717) is 17.9 Å². The van der Waals surface area contributed by atoms with E-state index in [4.69, 9.17) is 9.15 Å². The van der Waals surface area contributed by atoms with E-state index in [9.17, 15) is 13.2 Å². The number of hydrogen-bond donors (Lipinski definition) is 2. The Bertz CT molecular complexity index is 1120. The molecule has 0 unspecified atom stereocenters. The van der Waals surface area contributed by atoms with Gasteiger partial charge in [-0.3, -0.25) is 4.79 Å². The number of furan rings is 1. The maximum absolute atomic E-state index is 12.5. The molecule has 1 aliphatic heterocycles. The van der Waals surface area contributed by atoms with Gasteiger partial charge >= 0.3 is 0 Å². The molecule has 168 valence electrons. The van der Waals surface area contributed by atoms with Crippen LogP contribution in [0.15, 0.2) is 76.2 Å². The minimum absolute atomic E-state index is 0.0574. The highest BCUT2D eigenvalue weighted by Crippen LogP contribution is 2.17. The molecule has 1 saturated heterocycles. The maximum atomic E-state index is 12.5.